The number of aromatic nitrogens is 3. The maximum Gasteiger partial charge on any atom is 0.131 e. The summed E-state index contributed by atoms with van der Waals surface area (Å²) in [6.07, 6.45) is 3.52. The van der Waals surface area contributed by atoms with Gasteiger partial charge in [0, 0.05) is 37.3 Å². The molecule has 94 valence electrons. The smallest absolute Gasteiger partial charge is 0.131 e. The topological polar surface area (TPSA) is 50.7 Å². The summed E-state index contributed by atoms with van der Waals surface area (Å²) in [6.45, 7) is 2.85. The molecule has 2 heterocycles. The van der Waals surface area contributed by atoms with Crippen LogP contribution in [0.15, 0.2) is 35.1 Å². The molecular formula is C13H15BrN4. The zero-order chi connectivity index (χ0) is 12.8. The van der Waals surface area contributed by atoms with Crippen LogP contribution in [-0.2, 0) is 12.8 Å². The van der Waals surface area contributed by atoms with Gasteiger partial charge >= 0.3 is 0 Å². The molecule has 0 bridgehead atoms. The maximum absolute atomic E-state index is 4.41. The van der Waals surface area contributed by atoms with Crippen LogP contribution >= 0.6 is 15.9 Å². The number of rotatable bonds is 5. The molecule has 4 nitrogen and oxygen atoms in total. The van der Waals surface area contributed by atoms with E-state index >= 15 is 0 Å². The number of nitrogens with zero attached hydrogens (tertiary/aromatic N) is 3. The van der Waals surface area contributed by atoms with Crippen LogP contribution in [0.5, 0.6) is 0 Å². The summed E-state index contributed by atoms with van der Waals surface area (Å²) in [6, 6.07) is 7.83. The first kappa shape index (κ1) is 13.0. The quantitative estimate of drug-likeness (QED) is 0.863. The summed E-state index contributed by atoms with van der Waals surface area (Å²) in [4.78, 5) is 13.0. The van der Waals surface area contributed by atoms with Crippen molar-refractivity contribution in [3.05, 3.63) is 46.6 Å². The Kier molecular flexibility index (Phi) is 4.64. The molecule has 1 N–H and O–H groups in total. The first-order valence-corrected chi connectivity index (χ1v) is 6.74. The molecule has 0 aliphatic carbocycles. The molecule has 0 saturated carbocycles. The van der Waals surface area contributed by atoms with E-state index in [4.69, 9.17) is 0 Å². The molecule has 0 aliphatic rings. The molecule has 0 saturated heterocycles. The van der Waals surface area contributed by atoms with Gasteiger partial charge in [-0.05, 0) is 28.1 Å². The van der Waals surface area contributed by atoms with E-state index in [2.05, 4.69) is 36.2 Å². The molecule has 2 aromatic heterocycles. The molecule has 0 spiro atoms. The number of pyridine rings is 1. The van der Waals surface area contributed by atoms with E-state index in [1.165, 1.54) is 0 Å². The fourth-order valence-corrected chi connectivity index (χ4v) is 2.00. The van der Waals surface area contributed by atoms with Gasteiger partial charge in [0.05, 0.1) is 0 Å². The van der Waals surface area contributed by atoms with E-state index in [0.717, 1.165) is 41.3 Å². The van der Waals surface area contributed by atoms with Gasteiger partial charge < -0.3 is 5.32 Å². The number of halogens is 1. The minimum Gasteiger partial charge on any atom is -0.370 e. The Morgan fingerprint density at radius 1 is 1.28 bits per heavy atom. The van der Waals surface area contributed by atoms with E-state index < -0.39 is 0 Å². The van der Waals surface area contributed by atoms with Crippen LogP contribution in [-0.4, -0.2) is 21.5 Å². The van der Waals surface area contributed by atoms with E-state index in [9.17, 15) is 0 Å². The first-order chi connectivity index (χ1) is 8.78. The van der Waals surface area contributed by atoms with Gasteiger partial charge in [0.25, 0.3) is 0 Å². The van der Waals surface area contributed by atoms with Crippen molar-refractivity contribution in [1.82, 2.24) is 15.0 Å². The molecule has 0 radical (unpaired) electrons. The van der Waals surface area contributed by atoms with Crippen LogP contribution in [0.4, 0.5) is 5.82 Å². The van der Waals surface area contributed by atoms with Crippen LogP contribution in [0, 0.1) is 0 Å². The summed E-state index contributed by atoms with van der Waals surface area (Å²) in [5, 5.41) is 3.29. The van der Waals surface area contributed by atoms with Gasteiger partial charge in [-0.25, -0.2) is 9.97 Å². The Balaban J connectivity index is 1.92. The van der Waals surface area contributed by atoms with Crippen molar-refractivity contribution in [2.45, 2.75) is 19.8 Å². The van der Waals surface area contributed by atoms with Crippen LogP contribution in [0.1, 0.15) is 18.4 Å². The number of anilines is 1. The second kappa shape index (κ2) is 6.44. The highest BCUT2D eigenvalue weighted by Gasteiger charge is 2.01. The van der Waals surface area contributed by atoms with Gasteiger partial charge in [0.1, 0.15) is 16.2 Å². The molecule has 5 heteroatoms. The summed E-state index contributed by atoms with van der Waals surface area (Å²) >= 11 is 3.39. The molecule has 18 heavy (non-hydrogen) atoms. The standard InChI is InChI=1S/C13H15BrN4/c1-2-12-17-11(14)9-13(18-12)16-8-6-10-5-3-4-7-15-10/h3-5,7,9H,2,6,8H2,1H3,(H,16,17,18). The van der Waals surface area contributed by atoms with E-state index in [1.54, 1.807) is 0 Å². The molecular weight excluding hydrogens is 292 g/mol. The average molecular weight is 307 g/mol. The van der Waals surface area contributed by atoms with Gasteiger partial charge in [0.2, 0.25) is 0 Å². The minimum atomic E-state index is 0.809. The van der Waals surface area contributed by atoms with Crippen LogP contribution in [0.25, 0.3) is 0 Å². The average Bonchev–Trinajstić information content (AvgIpc) is 2.39. The summed E-state index contributed by atoms with van der Waals surface area (Å²) in [7, 11) is 0. The van der Waals surface area contributed by atoms with E-state index in [0.29, 0.717) is 0 Å². The monoisotopic (exact) mass is 306 g/mol. The maximum atomic E-state index is 4.41. The highest BCUT2D eigenvalue weighted by atomic mass is 79.9. The molecule has 0 unspecified atom stereocenters. The fourth-order valence-electron chi connectivity index (χ4n) is 1.58. The normalized spacial score (nSPS) is 10.3. The van der Waals surface area contributed by atoms with Crippen LogP contribution in [0.2, 0.25) is 0 Å². The highest BCUT2D eigenvalue weighted by Crippen LogP contribution is 2.12. The number of nitrogens with one attached hydrogen (secondary N) is 1. The number of hydrogen-bond donors (Lipinski definition) is 1. The second-order valence-corrected chi connectivity index (χ2v) is 4.66. The molecule has 0 atom stereocenters. The van der Waals surface area contributed by atoms with Crippen LogP contribution < -0.4 is 5.32 Å². The largest absolute Gasteiger partial charge is 0.370 e. The Bertz CT molecular complexity index is 502. The lowest BCUT2D eigenvalue weighted by atomic mass is 10.3. The van der Waals surface area contributed by atoms with Crippen molar-refractivity contribution >= 4 is 21.7 Å². The molecule has 2 aromatic rings. The van der Waals surface area contributed by atoms with Gasteiger partial charge in [0.15, 0.2) is 0 Å². The van der Waals surface area contributed by atoms with Gasteiger partial charge in [-0.15, -0.1) is 0 Å². The predicted molar refractivity (Wildman–Crippen MR) is 75.5 cm³/mol. The lowest BCUT2D eigenvalue weighted by molar-refractivity contribution is 0.907. The summed E-state index contributed by atoms with van der Waals surface area (Å²) in [5.74, 6) is 1.69. The van der Waals surface area contributed by atoms with Crippen molar-refractivity contribution in [3.8, 4) is 0 Å². The minimum absolute atomic E-state index is 0.809. The molecule has 0 fully saturated rings. The predicted octanol–water partition coefficient (Wildman–Crippen LogP) is 2.85. The Labute approximate surface area is 115 Å². The lowest BCUT2D eigenvalue weighted by Gasteiger charge is -2.07. The van der Waals surface area contributed by atoms with Gasteiger partial charge in [-0.1, -0.05) is 13.0 Å². The fraction of sp³-hybridized carbons (Fsp3) is 0.308. The number of hydrogen-bond acceptors (Lipinski definition) is 4. The summed E-state index contributed by atoms with van der Waals surface area (Å²) in [5.41, 5.74) is 1.08. The Morgan fingerprint density at radius 2 is 2.17 bits per heavy atom. The van der Waals surface area contributed by atoms with Crippen LogP contribution in [0.3, 0.4) is 0 Å². The molecule has 0 amide bonds. The van der Waals surface area contributed by atoms with Crippen molar-refractivity contribution in [2.24, 2.45) is 0 Å². The molecule has 0 aliphatic heterocycles. The van der Waals surface area contributed by atoms with Crippen molar-refractivity contribution in [3.63, 3.8) is 0 Å². The van der Waals surface area contributed by atoms with E-state index in [-0.39, 0.29) is 0 Å². The third kappa shape index (κ3) is 3.77. The highest BCUT2D eigenvalue weighted by molar-refractivity contribution is 9.10. The van der Waals surface area contributed by atoms with Crippen molar-refractivity contribution in [2.75, 3.05) is 11.9 Å². The van der Waals surface area contributed by atoms with Crippen molar-refractivity contribution in [1.29, 1.82) is 0 Å². The molecule has 2 rings (SSSR count). The first-order valence-electron chi connectivity index (χ1n) is 5.95. The third-order valence-electron chi connectivity index (χ3n) is 2.47. The van der Waals surface area contributed by atoms with Gasteiger partial charge in [-0.2, -0.15) is 0 Å². The third-order valence-corrected chi connectivity index (χ3v) is 2.88. The zero-order valence-electron chi connectivity index (χ0n) is 10.2. The zero-order valence-corrected chi connectivity index (χ0v) is 11.8. The van der Waals surface area contributed by atoms with E-state index in [1.807, 2.05) is 37.4 Å². The van der Waals surface area contributed by atoms with Crippen molar-refractivity contribution < 1.29 is 0 Å². The number of aryl methyl sites for hydroxylation is 1. The second-order valence-electron chi connectivity index (χ2n) is 3.84. The molecule has 0 aromatic carbocycles. The Morgan fingerprint density at radius 3 is 2.89 bits per heavy atom. The lowest BCUT2D eigenvalue weighted by Crippen LogP contribution is -2.08. The Hall–Kier alpha value is -1.49. The van der Waals surface area contributed by atoms with Gasteiger partial charge in [-0.3, -0.25) is 4.98 Å². The summed E-state index contributed by atoms with van der Waals surface area (Å²) < 4.78 is 0.815. The SMILES string of the molecule is CCc1nc(Br)cc(NCCc2ccccn2)n1.